The van der Waals surface area contributed by atoms with Crippen molar-refractivity contribution in [1.29, 1.82) is 0 Å². The zero-order chi connectivity index (χ0) is 21.5. The summed E-state index contributed by atoms with van der Waals surface area (Å²) in [7, 11) is 1.57. The molecule has 0 fully saturated rings. The van der Waals surface area contributed by atoms with Crippen molar-refractivity contribution in [2.75, 3.05) is 12.4 Å². The van der Waals surface area contributed by atoms with Crippen LogP contribution in [0.15, 0.2) is 53.3 Å². The van der Waals surface area contributed by atoms with Gasteiger partial charge in [-0.1, -0.05) is 29.4 Å². The van der Waals surface area contributed by atoms with E-state index in [2.05, 4.69) is 31.0 Å². The van der Waals surface area contributed by atoms with Crippen molar-refractivity contribution >= 4 is 17.3 Å². The fraction of sp³-hybridized carbons (Fsp3) is 0.105. The zero-order valence-corrected chi connectivity index (χ0v) is 16.0. The number of nitrogens with one attached hydrogen (secondary N) is 2. The van der Waals surface area contributed by atoms with Gasteiger partial charge in [0.1, 0.15) is 17.5 Å². The van der Waals surface area contributed by atoms with E-state index in [0.29, 0.717) is 22.6 Å². The summed E-state index contributed by atoms with van der Waals surface area (Å²) >= 11 is 0. The first-order valence-corrected chi connectivity index (χ1v) is 9.13. The third kappa shape index (κ3) is 2.97. The quantitative estimate of drug-likeness (QED) is 0.329. The van der Waals surface area contributed by atoms with Gasteiger partial charge in [-0.25, -0.2) is 5.10 Å². The first kappa shape index (κ1) is 18.4. The molecule has 12 nitrogen and oxygen atoms in total. The molecule has 0 aliphatic carbocycles. The van der Waals surface area contributed by atoms with Crippen molar-refractivity contribution < 1.29 is 9.66 Å². The van der Waals surface area contributed by atoms with Gasteiger partial charge >= 0.3 is 0 Å². The highest BCUT2D eigenvalue weighted by Gasteiger charge is 2.34. The number of benzene rings is 2. The zero-order valence-electron chi connectivity index (χ0n) is 16.0. The Kier molecular flexibility index (Phi) is 4.17. The van der Waals surface area contributed by atoms with Gasteiger partial charge in [-0.05, 0) is 28.1 Å². The first-order chi connectivity index (χ1) is 15.1. The van der Waals surface area contributed by atoms with Crippen LogP contribution in [-0.2, 0) is 0 Å². The second kappa shape index (κ2) is 7.02. The molecule has 154 valence electrons. The largest absolute Gasteiger partial charge is 0.497 e. The number of anilines is 2. The van der Waals surface area contributed by atoms with Gasteiger partial charge in [0.05, 0.1) is 17.7 Å². The first-order valence-electron chi connectivity index (χ1n) is 9.13. The number of ether oxygens (including phenoxy) is 1. The third-order valence-electron chi connectivity index (χ3n) is 5.03. The molecule has 31 heavy (non-hydrogen) atoms. The third-order valence-corrected chi connectivity index (χ3v) is 5.03. The van der Waals surface area contributed by atoms with Crippen LogP contribution in [0.1, 0.15) is 17.2 Å². The molecular weight excluding hydrogens is 404 g/mol. The maximum atomic E-state index is 12.6. The van der Waals surface area contributed by atoms with Crippen LogP contribution in [0.5, 0.6) is 5.75 Å². The van der Waals surface area contributed by atoms with Gasteiger partial charge in [0.25, 0.3) is 11.2 Å². The topological polar surface area (TPSA) is 154 Å². The minimum atomic E-state index is -0.601. The van der Waals surface area contributed by atoms with Crippen LogP contribution in [0.2, 0.25) is 0 Å². The number of fused-ring (bicyclic) bond motifs is 2. The summed E-state index contributed by atoms with van der Waals surface area (Å²) < 4.78 is 6.77. The monoisotopic (exact) mass is 418 g/mol. The van der Waals surface area contributed by atoms with E-state index in [1.165, 1.54) is 16.8 Å². The molecule has 2 aromatic carbocycles. The van der Waals surface area contributed by atoms with E-state index < -0.39 is 16.5 Å². The van der Waals surface area contributed by atoms with E-state index in [1.54, 1.807) is 31.4 Å². The highest BCUT2D eigenvalue weighted by molar-refractivity contribution is 5.76. The van der Waals surface area contributed by atoms with E-state index >= 15 is 0 Å². The lowest BCUT2D eigenvalue weighted by Gasteiger charge is -2.27. The van der Waals surface area contributed by atoms with Gasteiger partial charge < -0.3 is 10.1 Å². The average Bonchev–Trinajstić information content (AvgIpc) is 3.27. The number of hydrogen-bond acceptors (Lipinski definition) is 9. The van der Waals surface area contributed by atoms with Crippen molar-refractivity contribution in [1.82, 2.24) is 30.4 Å². The van der Waals surface area contributed by atoms with Gasteiger partial charge in [-0.2, -0.15) is 9.78 Å². The van der Waals surface area contributed by atoms with E-state index in [1.807, 2.05) is 12.1 Å². The summed E-state index contributed by atoms with van der Waals surface area (Å²) in [6, 6.07) is 12.7. The average molecular weight is 418 g/mol. The molecule has 0 bridgehead atoms. The Morgan fingerprint density at radius 1 is 1.19 bits per heavy atom. The Balaban J connectivity index is 1.78. The Labute approximate surface area is 173 Å². The molecule has 1 aliphatic rings. The molecule has 0 saturated carbocycles. The van der Waals surface area contributed by atoms with Crippen LogP contribution in [0.4, 0.5) is 17.3 Å². The van der Waals surface area contributed by atoms with Gasteiger partial charge in [0.15, 0.2) is 0 Å². The van der Waals surface area contributed by atoms with E-state index in [9.17, 15) is 14.9 Å². The Hall–Kier alpha value is -4.61. The number of nitrogens with zero attached hydrogens (tertiary/aromatic N) is 6. The van der Waals surface area contributed by atoms with Gasteiger partial charge in [-0.3, -0.25) is 14.9 Å². The van der Waals surface area contributed by atoms with Crippen molar-refractivity contribution in [3.8, 4) is 17.0 Å². The summed E-state index contributed by atoms with van der Waals surface area (Å²) in [5, 5.41) is 32.6. The van der Waals surface area contributed by atoms with E-state index in [4.69, 9.17) is 4.74 Å². The molecule has 0 amide bonds. The molecule has 4 aromatic rings. The maximum absolute atomic E-state index is 12.6. The van der Waals surface area contributed by atoms with Crippen molar-refractivity contribution in [2.24, 2.45) is 0 Å². The molecule has 5 rings (SSSR count). The number of tetrazole rings is 1. The van der Waals surface area contributed by atoms with Crippen LogP contribution in [0.25, 0.3) is 11.3 Å². The van der Waals surface area contributed by atoms with Crippen LogP contribution in [-0.4, -0.2) is 42.4 Å². The standard InChI is InChI=1S/C19H14N8O4/c1-31-13-7-5-10(6-8-13)17-14-15(11-3-2-4-12(9-11)27(29)30)21-22-18(28)16(14)20-19-23-24-25-26(17)19/h2-9,17H,1H3,(H,22,28)(H,20,23,25)/t17-/m0/s1. The minimum absolute atomic E-state index is 0.0906. The fourth-order valence-electron chi connectivity index (χ4n) is 3.62. The van der Waals surface area contributed by atoms with Crippen LogP contribution < -0.4 is 15.6 Å². The Bertz CT molecular complexity index is 1360. The second-order valence-corrected chi connectivity index (χ2v) is 6.75. The highest BCUT2D eigenvalue weighted by Crippen LogP contribution is 2.41. The number of aromatic amines is 1. The Morgan fingerprint density at radius 3 is 2.74 bits per heavy atom. The number of rotatable bonds is 4. The molecule has 0 unspecified atom stereocenters. The predicted molar refractivity (Wildman–Crippen MR) is 108 cm³/mol. The summed E-state index contributed by atoms with van der Waals surface area (Å²) in [4.78, 5) is 23.4. The number of aromatic nitrogens is 6. The number of non-ortho nitro benzene ring substituents is 1. The highest BCUT2D eigenvalue weighted by atomic mass is 16.6. The minimum Gasteiger partial charge on any atom is -0.497 e. The van der Waals surface area contributed by atoms with Gasteiger partial charge in [-0.15, -0.1) is 0 Å². The molecule has 0 saturated heterocycles. The lowest BCUT2D eigenvalue weighted by atomic mass is 9.92. The van der Waals surface area contributed by atoms with E-state index in [0.717, 1.165) is 5.56 Å². The van der Waals surface area contributed by atoms with Gasteiger partial charge in [0.2, 0.25) is 5.95 Å². The summed E-state index contributed by atoms with van der Waals surface area (Å²) in [5.74, 6) is 0.952. The second-order valence-electron chi connectivity index (χ2n) is 6.75. The summed E-state index contributed by atoms with van der Waals surface area (Å²) in [6.07, 6.45) is 0. The molecule has 1 atom stereocenters. The number of hydrogen-bond donors (Lipinski definition) is 2. The molecular formula is C19H14N8O4. The van der Waals surface area contributed by atoms with Crippen LogP contribution in [0, 0.1) is 10.1 Å². The van der Waals surface area contributed by atoms with Crippen LogP contribution >= 0.6 is 0 Å². The number of H-pyrrole nitrogens is 1. The van der Waals surface area contributed by atoms with Gasteiger partial charge in [0, 0.05) is 23.3 Å². The number of methoxy groups -OCH3 is 1. The smallest absolute Gasteiger partial charge is 0.288 e. The van der Waals surface area contributed by atoms with Crippen molar-refractivity contribution in [2.45, 2.75) is 6.04 Å². The number of nitro benzene ring substituents is 1. The molecule has 2 aromatic heterocycles. The Morgan fingerprint density at radius 2 is 2.00 bits per heavy atom. The normalized spacial score (nSPS) is 14.3. The summed E-state index contributed by atoms with van der Waals surface area (Å²) in [6.45, 7) is 0. The van der Waals surface area contributed by atoms with Crippen LogP contribution in [0.3, 0.4) is 0 Å². The molecule has 2 N–H and O–H groups in total. The lowest BCUT2D eigenvalue weighted by Crippen LogP contribution is -2.29. The van der Waals surface area contributed by atoms with Crippen molar-refractivity contribution in [3.63, 3.8) is 0 Å². The lowest BCUT2D eigenvalue weighted by molar-refractivity contribution is -0.384. The number of nitro groups is 1. The maximum Gasteiger partial charge on any atom is 0.288 e. The molecule has 0 spiro atoms. The van der Waals surface area contributed by atoms with Crippen molar-refractivity contribution in [3.05, 3.63) is 80.1 Å². The molecule has 0 radical (unpaired) electrons. The molecule has 12 heteroatoms. The molecule has 3 heterocycles. The fourth-order valence-corrected chi connectivity index (χ4v) is 3.62. The summed E-state index contributed by atoms with van der Waals surface area (Å²) in [5.41, 5.74) is 1.78. The van der Waals surface area contributed by atoms with E-state index in [-0.39, 0.29) is 17.3 Å². The SMILES string of the molecule is COc1ccc([C@H]2c3c(-c4cccc([N+](=O)[O-])c4)n[nH]c(=O)c3Nc3nnnn32)cc1. The molecule has 1 aliphatic heterocycles. The predicted octanol–water partition coefficient (Wildman–Crippen LogP) is 2.03.